The Labute approximate surface area is 300 Å². The van der Waals surface area contributed by atoms with Crippen molar-refractivity contribution in [2.45, 2.75) is 82.6 Å². The fourth-order valence-electron chi connectivity index (χ4n) is 6.37. The Morgan fingerprint density at radius 3 is 2.64 bits per heavy atom. The molecule has 272 valence electrons. The van der Waals surface area contributed by atoms with Crippen LogP contribution < -0.4 is 10.2 Å². The lowest BCUT2D eigenvalue weighted by Gasteiger charge is -2.41. The van der Waals surface area contributed by atoms with Crippen molar-refractivity contribution in [2.75, 3.05) is 31.0 Å². The Bertz CT molecular complexity index is 1600. The number of fused-ring (bicyclic) bond motifs is 5. The minimum Gasteiger partial charge on any atom is -0.457 e. The van der Waals surface area contributed by atoms with Gasteiger partial charge in [0, 0.05) is 32.0 Å². The van der Waals surface area contributed by atoms with Gasteiger partial charge in [0.05, 0.1) is 34.9 Å². The second-order valence-corrected chi connectivity index (χ2v) is 14.6. The number of nitrogens with zero attached hydrogens (tertiary/aromatic N) is 2. The number of likely N-dealkylation sites (N-methyl/N-ethyl adjacent to an activating group) is 1. The minimum absolute atomic E-state index is 0.0622. The molecule has 0 unspecified atom stereocenters. The zero-order valence-electron chi connectivity index (χ0n) is 29.1. The molecule has 0 spiro atoms. The number of benzene rings is 1. The van der Waals surface area contributed by atoms with E-state index in [0.717, 1.165) is 5.57 Å². The summed E-state index contributed by atoms with van der Waals surface area (Å²) in [7, 11) is 2.98. The number of thioether (sulfide) groups is 1. The first-order chi connectivity index (χ1) is 23.5. The highest BCUT2D eigenvalue weighted by molar-refractivity contribution is 7.99. The van der Waals surface area contributed by atoms with Gasteiger partial charge < -0.3 is 33.9 Å². The van der Waals surface area contributed by atoms with Crippen molar-refractivity contribution in [3.8, 4) is 0 Å². The van der Waals surface area contributed by atoms with Gasteiger partial charge in [-0.15, -0.1) is 0 Å². The summed E-state index contributed by atoms with van der Waals surface area (Å²) in [5, 5.41) is 14.0. The topological polar surface area (TPSA) is 172 Å². The lowest BCUT2D eigenvalue weighted by molar-refractivity contribution is -0.161. The van der Waals surface area contributed by atoms with Crippen molar-refractivity contribution in [1.82, 2.24) is 10.2 Å². The van der Waals surface area contributed by atoms with E-state index in [0.29, 0.717) is 24.6 Å². The number of hydrogen-bond acceptors (Lipinski definition) is 11. The Balaban J connectivity index is 1.78. The molecule has 4 bridgehead atoms. The number of carbonyl (C=O) groups excluding carboxylic acids is 6. The lowest BCUT2D eigenvalue weighted by Crippen LogP contribution is -2.61. The maximum Gasteiger partial charge on any atom is 0.409 e. The minimum atomic E-state index is -1.99. The molecule has 0 saturated carbocycles. The number of halogens is 1. The maximum atomic E-state index is 14.0. The number of rotatable bonds is 7. The molecule has 1 aromatic carbocycles. The van der Waals surface area contributed by atoms with Gasteiger partial charge in [0.2, 0.25) is 11.8 Å². The first kappa shape index (κ1) is 39.1. The second kappa shape index (κ2) is 15.7. The first-order valence-electron chi connectivity index (χ1n) is 16.2. The number of alkyl carbamates (subject to hydrolysis) is 1. The highest BCUT2D eigenvalue weighted by Gasteiger charge is 2.64. The van der Waals surface area contributed by atoms with E-state index in [1.54, 1.807) is 44.4 Å². The van der Waals surface area contributed by atoms with Crippen LogP contribution in [0.3, 0.4) is 0 Å². The van der Waals surface area contributed by atoms with Crippen molar-refractivity contribution in [1.29, 1.82) is 0 Å². The molecule has 4 rings (SSSR count). The molecule has 15 heteroatoms. The Morgan fingerprint density at radius 1 is 1.30 bits per heavy atom. The fourth-order valence-corrected chi connectivity index (χ4v) is 7.10. The van der Waals surface area contributed by atoms with Crippen molar-refractivity contribution in [3.63, 3.8) is 0 Å². The summed E-state index contributed by atoms with van der Waals surface area (Å²) in [6.45, 7) is 6.74. The molecular formula is C35H44ClN3O10S. The smallest absolute Gasteiger partial charge is 0.409 e. The predicted molar refractivity (Wildman–Crippen MR) is 187 cm³/mol. The fraction of sp³-hybridized carbons (Fsp3) is 0.543. The van der Waals surface area contributed by atoms with Crippen LogP contribution in [-0.2, 0) is 39.8 Å². The van der Waals surface area contributed by atoms with Gasteiger partial charge in [0.25, 0.3) is 0 Å². The summed E-state index contributed by atoms with van der Waals surface area (Å²) in [6.07, 6.45) is 3.72. The molecule has 0 aromatic heterocycles. The van der Waals surface area contributed by atoms with Crippen molar-refractivity contribution in [3.05, 3.63) is 52.1 Å². The predicted octanol–water partition coefficient (Wildman–Crippen LogP) is 3.48. The summed E-state index contributed by atoms with van der Waals surface area (Å²) >= 11 is 7.92. The number of epoxide rings is 1. The molecule has 2 fully saturated rings. The van der Waals surface area contributed by atoms with E-state index in [4.69, 9.17) is 25.8 Å². The molecule has 0 aliphatic carbocycles. The number of ether oxygens (including phenoxy) is 3. The van der Waals surface area contributed by atoms with Crippen LogP contribution in [0.25, 0.3) is 0 Å². The standard InChI is InChI=1S/C35H44ClN3O10S/c1-19-9-8-10-24(17-41)35(46)15-26(47-33(45)37-35)20(2)31-34(4,49-31)27(48-32(44)21(3)38(5)29(43)18-50-7)14-28(42)39(6)25-13-22(11-19)12-23(16-40)30(25)36/h8-10,12-13,16-17,20-21,24,26-27,31,46H,11,14-15,18H2,1-7H3,(H,37,45)/b10-8+,19-9+/t20-,21+,24+,26+,27+,31+,34+,35+/m1/s1. The third-order valence-corrected chi connectivity index (χ3v) is 10.7. The van der Waals surface area contributed by atoms with Gasteiger partial charge in [-0.1, -0.05) is 42.3 Å². The Morgan fingerprint density at radius 2 is 2.00 bits per heavy atom. The average molecular weight is 734 g/mol. The third-order valence-electron chi connectivity index (χ3n) is 9.77. The van der Waals surface area contributed by atoms with E-state index in [1.165, 1.54) is 48.7 Å². The van der Waals surface area contributed by atoms with Crippen LogP contribution in [0.5, 0.6) is 0 Å². The molecular weight excluding hydrogens is 690 g/mol. The number of esters is 1. The number of aldehydes is 2. The zero-order chi connectivity index (χ0) is 37.1. The third kappa shape index (κ3) is 8.25. The van der Waals surface area contributed by atoms with Gasteiger partial charge in [0.15, 0.2) is 12.0 Å². The maximum absolute atomic E-state index is 14.0. The van der Waals surface area contributed by atoms with Crippen LogP contribution in [-0.4, -0.2) is 108 Å². The van der Waals surface area contributed by atoms with Gasteiger partial charge in [-0.3, -0.25) is 19.7 Å². The molecule has 13 nitrogen and oxygen atoms in total. The van der Waals surface area contributed by atoms with Gasteiger partial charge in [-0.2, -0.15) is 11.8 Å². The van der Waals surface area contributed by atoms with E-state index in [1.807, 2.05) is 6.92 Å². The van der Waals surface area contributed by atoms with Crippen LogP contribution in [0.4, 0.5) is 10.5 Å². The molecule has 3 heterocycles. The molecule has 8 atom stereocenters. The van der Waals surface area contributed by atoms with E-state index >= 15 is 0 Å². The summed E-state index contributed by atoms with van der Waals surface area (Å²) in [5.41, 5.74) is -1.35. The largest absolute Gasteiger partial charge is 0.457 e. The van der Waals surface area contributed by atoms with Gasteiger partial charge in [-0.25, -0.2) is 9.59 Å². The van der Waals surface area contributed by atoms with Gasteiger partial charge in [0.1, 0.15) is 30.1 Å². The van der Waals surface area contributed by atoms with Gasteiger partial charge in [-0.05, 0) is 51.1 Å². The van der Waals surface area contributed by atoms with Crippen LogP contribution in [0.2, 0.25) is 5.02 Å². The van der Waals surface area contributed by atoms with Crippen molar-refractivity contribution in [2.24, 2.45) is 11.8 Å². The van der Waals surface area contributed by atoms with Crippen LogP contribution in [0.15, 0.2) is 35.9 Å². The number of hydrogen-bond donors (Lipinski definition) is 2. The summed E-state index contributed by atoms with van der Waals surface area (Å²) in [4.78, 5) is 79.6. The molecule has 50 heavy (non-hydrogen) atoms. The molecule has 2 N–H and O–H groups in total. The number of aliphatic hydroxyl groups is 1. The zero-order valence-corrected chi connectivity index (χ0v) is 30.7. The SMILES string of the molecule is CSCC(=O)N(C)[C@@H](C)C(=O)O[C@H]1CC(=O)N(C)c2cc(cc(C=O)c2Cl)C/C(C)=C/C=C/[C@@H](C=O)[C@@]2(O)C[C@H](OC(=O)N2)[C@@H](C)[C@@H]2O[C@@]12C. The van der Waals surface area contributed by atoms with E-state index in [-0.39, 0.29) is 40.8 Å². The highest BCUT2D eigenvalue weighted by Crippen LogP contribution is 2.49. The van der Waals surface area contributed by atoms with Crippen molar-refractivity contribution < 1.29 is 48.1 Å². The lowest BCUT2D eigenvalue weighted by atomic mass is 9.82. The quantitative estimate of drug-likeness (QED) is 0.239. The Hall–Kier alpha value is -3.72. The normalized spacial score (nSPS) is 32.2. The molecule has 2 saturated heterocycles. The van der Waals surface area contributed by atoms with Crippen LogP contribution >= 0.6 is 23.4 Å². The number of allylic oxidation sites excluding steroid dienone is 3. The monoisotopic (exact) mass is 733 g/mol. The van der Waals surface area contributed by atoms with Crippen molar-refractivity contribution >= 4 is 65.5 Å². The molecule has 3 amide bonds. The number of nitrogens with one attached hydrogen (secondary N) is 1. The van der Waals surface area contributed by atoms with Gasteiger partial charge >= 0.3 is 12.1 Å². The molecule has 0 radical (unpaired) electrons. The Kier molecular flexibility index (Phi) is 12.2. The average Bonchev–Trinajstić information content (AvgIpc) is 3.76. The summed E-state index contributed by atoms with van der Waals surface area (Å²) < 4.78 is 17.7. The first-order valence-corrected chi connectivity index (χ1v) is 17.9. The second-order valence-electron chi connectivity index (χ2n) is 13.3. The van der Waals surface area contributed by atoms with E-state index in [9.17, 15) is 33.9 Å². The number of carbonyl (C=O) groups is 6. The number of anilines is 1. The van der Waals surface area contributed by atoms with E-state index < -0.39 is 65.5 Å². The van der Waals surface area contributed by atoms with E-state index in [2.05, 4.69) is 5.32 Å². The number of amides is 3. The van der Waals surface area contributed by atoms with Crippen LogP contribution in [0.1, 0.15) is 56.5 Å². The molecule has 1 aromatic rings. The van der Waals surface area contributed by atoms with Crippen LogP contribution in [0, 0.1) is 11.8 Å². The molecule has 3 aliphatic heterocycles. The molecule has 3 aliphatic rings. The highest BCUT2D eigenvalue weighted by atomic mass is 35.5. The summed E-state index contributed by atoms with van der Waals surface area (Å²) in [6, 6.07) is 2.30. The summed E-state index contributed by atoms with van der Waals surface area (Å²) in [5.74, 6) is -3.15.